The lowest BCUT2D eigenvalue weighted by atomic mass is 10.0. The van der Waals surface area contributed by atoms with Gasteiger partial charge in [0.05, 0.1) is 13.2 Å². The van der Waals surface area contributed by atoms with Crippen molar-refractivity contribution in [2.24, 2.45) is 0 Å². The number of carbonyl (C=O) groups is 3. The van der Waals surface area contributed by atoms with Gasteiger partial charge in [0.1, 0.15) is 5.75 Å². The molecular weight excluding hydrogens is 360 g/mol. The summed E-state index contributed by atoms with van der Waals surface area (Å²) in [5.74, 6) is -0.231. The highest BCUT2D eigenvalue weighted by Crippen LogP contribution is 2.17. The summed E-state index contributed by atoms with van der Waals surface area (Å²) >= 11 is 0. The molecule has 2 aliphatic heterocycles. The normalized spacial score (nSPS) is 17.8. The zero-order valence-corrected chi connectivity index (χ0v) is 16.1. The van der Waals surface area contributed by atoms with E-state index in [1.165, 1.54) is 6.92 Å². The van der Waals surface area contributed by atoms with E-state index in [-0.39, 0.29) is 17.9 Å². The van der Waals surface area contributed by atoms with Crippen LogP contribution in [0.3, 0.4) is 0 Å². The topological polar surface area (TPSA) is 84.9 Å². The molecule has 0 aliphatic carbocycles. The molecule has 0 unspecified atom stereocenters. The maximum atomic E-state index is 12.5. The highest BCUT2D eigenvalue weighted by molar-refractivity contribution is 5.95. The highest BCUT2D eigenvalue weighted by Gasteiger charge is 2.24. The Morgan fingerprint density at radius 1 is 1.18 bits per heavy atom. The third kappa shape index (κ3) is 5.66. The van der Waals surface area contributed by atoms with E-state index in [0.29, 0.717) is 50.5 Å². The molecule has 0 bridgehead atoms. The number of esters is 1. The average Bonchev–Trinajstić information content (AvgIpc) is 2.69. The van der Waals surface area contributed by atoms with E-state index in [1.54, 1.807) is 30.3 Å². The minimum atomic E-state index is -0.426. The van der Waals surface area contributed by atoms with Gasteiger partial charge >= 0.3 is 5.97 Å². The molecule has 0 atom stereocenters. The number of rotatable bonds is 4. The number of amides is 2. The SMILES string of the molecule is CC(=O)Oc1cccc(C(=O)NC2CCN(C(=O)C=C3CCOCC3)CC2)c1. The molecule has 1 aromatic carbocycles. The number of nitrogens with one attached hydrogen (secondary N) is 1. The summed E-state index contributed by atoms with van der Waals surface area (Å²) in [5, 5.41) is 3.01. The lowest BCUT2D eigenvalue weighted by molar-refractivity contribution is -0.132. The first-order valence-electron chi connectivity index (χ1n) is 9.67. The summed E-state index contributed by atoms with van der Waals surface area (Å²) in [6.07, 6.45) is 4.83. The third-order valence-electron chi connectivity index (χ3n) is 4.96. The molecule has 2 amide bonds. The van der Waals surface area contributed by atoms with Crippen LogP contribution in [-0.2, 0) is 14.3 Å². The molecule has 0 aromatic heterocycles. The van der Waals surface area contributed by atoms with E-state index >= 15 is 0 Å². The monoisotopic (exact) mass is 386 g/mol. The molecule has 3 rings (SSSR count). The molecule has 1 aromatic rings. The number of benzene rings is 1. The summed E-state index contributed by atoms with van der Waals surface area (Å²) in [6.45, 7) is 3.94. The second-order valence-electron chi connectivity index (χ2n) is 7.11. The van der Waals surface area contributed by atoms with Crippen molar-refractivity contribution in [1.82, 2.24) is 10.2 Å². The van der Waals surface area contributed by atoms with Crippen LogP contribution in [0.25, 0.3) is 0 Å². The first-order valence-corrected chi connectivity index (χ1v) is 9.67. The van der Waals surface area contributed by atoms with Crippen LogP contribution in [0.2, 0.25) is 0 Å². The van der Waals surface area contributed by atoms with Gasteiger partial charge in [-0.3, -0.25) is 14.4 Å². The smallest absolute Gasteiger partial charge is 0.308 e. The van der Waals surface area contributed by atoms with Crippen molar-refractivity contribution in [3.63, 3.8) is 0 Å². The van der Waals surface area contributed by atoms with Gasteiger partial charge in [0.15, 0.2) is 0 Å². The number of piperidine rings is 1. The predicted octanol–water partition coefficient (Wildman–Crippen LogP) is 2.07. The quantitative estimate of drug-likeness (QED) is 0.486. The van der Waals surface area contributed by atoms with E-state index in [1.807, 2.05) is 4.90 Å². The molecule has 0 radical (unpaired) electrons. The maximum Gasteiger partial charge on any atom is 0.308 e. The van der Waals surface area contributed by atoms with Crippen LogP contribution in [0, 0.1) is 0 Å². The van der Waals surface area contributed by atoms with Crippen LogP contribution in [0.5, 0.6) is 5.75 Å². The number of hydrogen-bond donors (Lipinski definition) is 1. The van der Waals surface area contributed by atoms with Gasteiger partial charge in [-0.05, 0) is 43.9 Å². The van der Waals surface area contributed by atoms with E-state index in [9.17, 15) is 14.4 Å². The highest BCUT2D eigenvalue weighted by atomic mass is 16.5. The van der Waals surface area contributed by atoms with Crippen molar-refractivity contribution in [3.8, 4) is 5.75 Å². The predicted molar refractivity (Wildman–Crippen MR) is 103 cm³/mol. The van der Waals surface area contributed by atoms with Crippen LogP contribution in [0.1, 0.15) is 43.0 Å². The van der Waals surface area contributed by atoms with Crippen LogP contribution in [0.4, 0.5) is 0 Å². The Morgan fingerprint density at radius 3 is 2.57 bits per heavy atom. The Morgan fingerprint density at radius 2 is 1.89 bits per heavy atom. The van der Waals surface area contributed by atoms with Gasteiger partial charge < -0.3 is 19.7 Å². The van der Waals surface area contributed by atoms with Crippen molar-refractivity contribution >= 4 is 17.8 Å². The molecule has 0 saturated carbocycles. The molecule has 2 fully saturated rings. The van der Waals surface area contributed by atoms with Gasteiger partial charge in [0, 0.05) is 37.7 Å². The Kier molecular flexibility index (Phi) is 6.81. The van der Waals surface area contributed by atoms with Gasteiger partial charge in [-0.2, -0.15) is 0 Å². The molecule has 1 N–H and O–H groups in total. The summed E-state index contributed by atoms with van der Waals surface area (Å²) in [4.78, 5) is 37.8. The molecule has 0 spiro atoms. The molecule has 2 aliphatic rings. The van der Waals surface area contributed by atoms with E-state index in [0.717, 1.165) is 18.4 Å². The second-order valence-corrected chi connectivity index (χ2v) is 7.11. The van der Waals surface area contributed by atoms with Crippen molar-refractivity contribution in [2.45, 2.75) is 38.6 Å². The Hall–Kier alpha value is -2.67. The van der Waals surface area contributed by atoms with E-state index in [2.05, 4.69) is 5.32 Å². The molecule has 2 heterocycles. The van der Waals surface area contributed by atoms with Crippen molar-refractivity contribution < 1.29 is 23.9 Å². The summed E-state index contributed by atoms with van der Waals surface area (Å²) in [6, 6.07) is 6.56. The molecule has 28 heavy (non-hydrogen) atoms. The Bertz CT molecular complexity index is 758. The lowest BCUT2D eigenvalue weighted by Gasteiger charge is -2.32. The fraction of sp³-hybridized carbons (Fsp3) is 0.476. The second kappa shape index (κ2) is 9.50. The van der Waals surface area contributed by atoms with Crippen LogP contribution < -0.4 is 10.1 Å². The summed E-state index contributed by atoms with van der Waals surface area (Å²) < 4.78 is 10.3. The first kappa shape index (κ1) is 20.1. The molecule has 7 heteroatoms. The maximum absolute atomic E-state index is 12.5. The van der Waals surface area contributed by atoms with Gasteiger partial charge in [0.25, 0.3) is 5.91 Å². The lowest BCUT2D eigenvalue weighted by Crippen LogP contribution is -2.46. The van der Waals surface area contributed by atoms with Crippen LogP contribution >= 0.6 is 0 Å². The van der Waals surface area contributed by atoms with Crippen LogP contribution in [0.15, 0.2) is 35.9 Å². The fourth-order valence-electron chi connectivity index (χ4n) is 3.42. The van der Waals surface area contributed by atoms with Crippen molar-refractivity contribution in [1.29, 1.82) is 0 Å². The van der Waals surface area contributed by atoms with Gasteiger partial charge in [0.2, 0.25) is 5.91 Å². The minimum Gasteiger partial charge on any atom is -0.427 e. The zero-order valence-electron chi connectivity index (χ0n) is 16.1. The summed E-state index contributed by atoms with van der Waals surface area (Å²) in [5.41, 5.74) is 1.60. The number of ether oxygens (including phenoxy) is 2. The van der Waals surface area contributed by atoms with Crippen LogP contribution in [-0.4, -0.2) is 55.0 Å². The number of likely N-dealkylation sites (tertiary alicyclic amines) is 1. The third-order valence-corrected chi connectivity index (χ3v) is 4.96. The molecule has 150 valence electrons. The van der Waals surface area contributed by atoms with Crippen molar-refractivity contribution in [2.75, 3.05) is 26.3 Å². The largest absolute Gasteiger partial charge is 0.427 e. The Labute approximate surface area is 164 Å². The molecule has 7 nitrogen and oxygen atoms in total. The minimum absolute atomic E-state index is 0.0182. The fourth-order valence-corrected chi connectivity index (χ4v) is 3.42. The van der Waals surface area contributed by atoms with E-state index in [4.69, 9.17) is 9.47 Å². The van der Waals surface area contributed by atoms with Gasteiger partial charge in [-0.25, -0.2) is 0 Å². The average molecular weight is 386 g/mol. The molecular formula is C21H26N2O5. The van der Waals surface area contributed by atoms with E-state index < -0.39 is 5.97 Å². The van der Waals surface area contributed by atoms with Gasteiger partial charge in [-0.15, -0.1) is 0 Å². The number of carbonyl (C=O) groups excluding carboxylic acids is 3. The number of hydrogen-bond acceptors (Lipinski definition) is 5. The summed E-state index contributed by atoms with van der Waals surface area (Å²) in [7, 11) is 0. The number of nitrogens with zero attached hydrogens (tertiary/aromatic N) is 1. The zero-order chi connectivity index (χ0) is 19.9. The van der Waals surface area contributed by atoms with Crippen molar-refractivity contribution in [3.05, 3.63) is 41.5 Å². The standard InChI is InChI=1S/C21H26N2O5/c1-15(24)28-19-4-2-3-17(14-19)21(26)22-18-5-9-23(10-6-18)20(25)13-16-7-11-27-12-8-16/h2-4,13-14,18H,5-12H2,1H3,(H,22,26). The Balaban J connectivity index is 1.49. The molecule has 2 saturated heterocycles. The van der Waals surface area contributed by atoms with Gasteiger partial charge in [-0.1, -0.05) is 11.6 Å². The first-order chi connectivity index (χ1) is 13.5.